The molecule has 1 aliphatic heterocycles. The standard InChI is InChI=1S/C27H36N8O4/c1-36-17-15-34(24-20-25-29-26(23-4-3-16-39-23)31-35(25)27(28)30-24)14-11-32-9-12-33(13-10-32)21-5-7-22(8-6-21)38-19-18-37-2/h3-8,16,20H,9-15,17-19H2,1-2H3,(H2,28,30). The van der Waals surface area contributed by atoms with E-state index >= 15 is 0 Å². The van der Waals surface area contributed by atoms with Crippen molar-refractivity contribution in [2.75, 3.05) is 95.4 Å². The summed E-state index contributed by atoms with van der Waals surface area (Å²) in [7, 11) is 3.38. The van der Waals surface area contributed by atoms with Crippen LogP contribution >= 0.6 is 0 Å². The number of hydrogen-bond acceptors (Lipinski definition) is 11. The number of nitrogens with zero attached hydrogens (tertiary/aromatic N) is 7. The summed E-state index contributed by atoms with van der Waals surface area (Å²) in [6.45, 7) is 8.00. The molecule has 0 saturated carbocycles. The van der Waals surface area contributed by atoms with Crippen molar-refractivity contribution in [3.63, 3.8) is 0 Å². The Labute approximate surface area is 227 Å². The lowest BCUT2D eigenvalue weighted by Crippen LogP contribution is -2.48. The van der Waals surface area contributed by atoms with Crippen molar-refractivity contribution in [1.29, 1.82) is 0 Å². The fraction of sp³-hybridized carbons (Fsp3) is 0.444. The number of methoxy groups -OCH3 is 2. The number of nitrogen functional groups attached to an aromatic ring is 1. The van der Waals surface area contributed by atoms with E-state index in [1.807, 2.05) is 24.3 Å². The molecule has 39 heavy (non-hydrogen) atoms. The predicted molar refractivity (Wildman–Crippen MR) is 149 cm³/mol. The zero-order valence-corrected chi connectivity index (χ0v) is 22.5. The molecule has 0 unspecified atom stereocenters. The van der Waals surface area contributed by atoms with E-state index in [-0.39, 0.29) is 5.95 Å². The second-order valence-corrected chi connectivity index (χ2v) is 9.30. The number of piperazine rings is 1. The average molecular weight is 537 g/mol. The number of aromatic nitrogens is 4. The van der Waals surface area contributed by atoms with Crippen LogP contribution < -0.4 is 20.3 Å². The Kier molecular flexibility index (Phi) is 8.76. The third-order valence-corrected chi connectivity index (χ3v) is 6.78. The highest BCUT2D eigenvalue weighted by Gasteiger charge is 2.20. The van der Waals surface area contributed by atoms with Crippen LogP contribution in [-0.4, -0.2) is 104 Å². The molecule has 4 aromatic rings. The van der Waals surface area contributed by atoms with E-state index in [1.165, 1.54) is 10.2 Å². The molecular weight excluding hydrogens is 500 g/mol. The minimum absolute atomic E-state index is 0.277. The van der Waals surface area contributed by atoms with Gasteiger partial charge in [0.05, 0.1) is 19.5 Å². The molecule has 0 atom stereocenters. The van der Waals surface area contributed by atoms with Crippen LogP contribution in [0.5, 0.6) is 5.75 Å². The van der Waals surface area contributed by atoms with Crippen molar-refractivity contribution in [2.45, 2.75) is 0 Å². The highest BCUT2D eigenvalue weighted by Crippen LogP contribution is 2.23. The summed E-state index contributed by atoms with van der Waals surface area (Å²) in [5.74, 6) is 2.95. The fourth-order valence-corrected chi connectivity index (χ4v) is 4.60. The minimum atomic E-state index is 0.277. The maximum Gasteiger partial charge on any atom is 0.225 e. The van der Waals surface area contributed by atoms with Crippen LogP contribution in [0.3, 0.4) is 0 Å². The van der Waals surface area contributed by atoms with Crippen LogP contribution in [0.25, 0.3) is 17.2 Å². The normalized spacial score (nSPS) is 14.3. The molecule has 5 rings (SSSR count). The first-order chi connectivity index (χ1) is 19.1. The molecule has 2 N–H and O–H groups in total. The summed E-state index contributed by atoms with van der Waals surface area (Å²) in [5, 5.41) is 4.45. The molecule has 12 nitrogen and oxygen atoms in total. The third-order valence-electron chi connectivity index (χ3n) is 6.78. The first-order valence-electron chi connectivity index (χ1n) is 13.1. The van der Waals surface area contributed by atoms with Gasteiger partial charge in [-0.2, -0.15) is 9.50 Å². The van der Waals surface area contributed by atoms with Gasteiger partial charge in [0.25, 0.3) is 0 Å². The van der Waals surface area contributed by atoms with Gasteiger partial charge in [-0.05, 0) is 36.4 Å². The van der Waals surface area contributed by atoms with Crippen molar-refractivity contribution in [1.82, 2.24) is 24.5 Å². The maximum absolute atomic E-state index is 6.27. The van der Waals surface area contributed by atoms with Gasteiger partial charge in [-0.25, -0.2) is 4.98 Å². The van der Waals surface area contributed by atoms with Crippen molar-refractivity contribution in [3.8, 4) is 17.3 Å². The largest absolute Gasteiger partial charge is 0.491 e. The summed E-state index contributed by atoms with van der Waals surface area (Å²) in [6, 6.07) is 13.8. The second kappa shape index (κ2) is 12.8. The Morgan fingerprint density at radius 1 is 0.949 bits per heavy atom. The van der Waals surface area contributed by atoms with Crippen LogP contribution in [0.1, 0.15) is 0 Å². The number of hydrogen-bond donors (Lipinski definition) is 1. The summed E-state index contributed by atoms with van der Waals surface area (Å²) in [4.78, 5) is 16.3. The molecule has 0 amide bonds. The minimum Gasteiger partial charge on any atom is -0.491 e. The number of fused-ring (bicyclic) bond motifs is 1. The number of ether oxygens (including phenoxy) is 3. The molecule has 0 spiro atoms. The molecule has 12 heteroatoms. The van der Waals surface area contributed by atoms with Gasteiger partial charge in [0.2, 0.25) is 11.8 Å². The maximum atomic E-state index is 6.27. The zero-order valence-electron chi connectivity index (χ0n) is 22.5. The van der Waals surface area contributed by atoms with E-state index in [9.17, 15) is 0 Å². The summed E-state index contributed by atoms with van der Waals surface area (Å²) in [6.07, 6.45) is 1.59. The van der Waals surface area contributed by atoms with Crippen LogP contribution in [0.15, 0.2) is 53.1 Å². The molecular formula is C27H36N8O4. The van der Waals surface area contributed by atoms with Crippen molar-refractivity contribution in [3.05, 3.63) is 48.7 Å². The Morgan fingerprint density at radius 3 is 2.46 bits per heavy atom. The smallest absolute Gasteiger partial charge is 0.225 e. The zero-order chi connectivity index (χ0) is 27.0. The third kappa shape index (κ3) is 6.59. The molecule has 1 aromatic carbocycles. The van der Waals surface area contributed by atoms with Gasteiger partial charge in [0.15, 0.2) is 11.4 Å². The molecule has 1 saturated heterocycles. The lowest BCUT2D eigenvalue weighted by Gasteiger charge is -2.37. The molecule has 4 heterocycles. The molecule has 3 aromatic heterocycles. The lowest BCUT2D eigenvalue weighted by molar-refractivity contribution is 0.146. The van der Waals surface area contributed by atoms with Gasteiger partial charge < -0.3 is 34.2 Å². The Bertz CT molecular complexity index is 1300. The molecule has 208 valence electrons. The Balaban J connectivity index is 1.19. The van der Waals surface area contributed by atoms with E-state index in [4.69, 9.17) is 24.4 Å². The molecule has 0 aliphatic carbocycles. The number of rotatable bonds is 13. The molecule has 0 radical (unpaired) electrons. The highest BCUT2D eigenvalue weighted by molar-refractivity contribution is 5.59. The van der Waals surface area contributed by atoms with Crippen LogP contribution in [0.2, 0.25) is 0 Å². The van der Waals surface area contributed by atoms with Gasteiger partial charge in [-0.3, -0.25) is 4.90 Å². The van der Waals surface area contributed by atoms with Crippen molar-refractivity contribution in [2.24, 2.45) is 0 Å². The monoisotopic (exact) mass is 536 g/mol. The lowest BCUT2D eigenvalue weighted by atomic mass is 10.2. The van der Waals surface area contributed by atoms with E-state index in [0.29, 0.717) is 43.6 Å². The predicted octanol–water partition coefficient (Wildman–Crippen LogP) is 2.27. The first-order valence-corrected chi connectivity index (χ1v) is 13.1. The average Bonchev–Trinajstić information content (AvgIpc) is 3.65. The summed E-state index contributed by atoms with van der Waals surface area (Å²) in [5.41, 5.74) is 8.10. The topological polar surface area (TPSA) is 120 Å². The number of benzene rings is 1. The van der Waals surface area contributed by atoms with E-state index < -0.39 is 0 Å². The quantitative estimate of drug-likeness (QED) is 0.253. The number of nitrogens with two attached hydrogens (primary N) is 1. The molecule has 1 aliphatic rings. The van der Waals surface area contributed by atoms with Crippen LogP contribution in [0, 0.1) is 0 Å². The van der Waals surface area contributed by atoms with Gasteiger partial charge in [-0.15, -0.1) is 5.10 Å². The first kappa shape index (κ1) is 26.7. The van der Waals surface area contributed by atoms with Gasteiger partial charge in [0.1, 0.15) is 18.2 Å². The fourth-order valence-electron chi connectivity index (χ4n) is 4.60. The van der Waals surface area contributed by atoms with Crippen molar-refractivity contribution >= 4 is 23.1 Å². The van der Waals surface area contributed by atoms with Gasteiger partial charge >= 0.3 is 0 Å². The van der Waals surface area contributed by atoms with Crippen LogP contribution in [0.4, 0.5) is 17.5 Å². The van der Waals surface area contributed by atoms with E-state index in [1.54, 1.807) is 26.5 Å². The second-order valence-electron chi connectivity index (χ2n) is 9.30. The van der Waals surface area contributed by atoms with E-state index in [0.717, 1.165) is 50.8 Å². The summed E-state index contributed by atoms with van der Waals surface area (Å²) < 4.78 is 23.1. The molecule has 1 fully saturated rings. The highest BCUT2D eigenvalue weighted by atomic mass is 16.5. The molecule has 0 bridgehead atoms. The SMILES string of the molecule is COCCOc1ccc(N2CCN(CCN(CCOC)c3cc4nc(-c5ccco5)nn4c(N)n3)CC2)cc1. The Morgan fingerprint density at radius 2 is 1.74 bits per heavy atom. The van der Waals surface area contributed by atoms with Crippen LogP contribution in [-0.2, 0) is 9.47 Å². The number of furan rings is 1. The van der Waals surface area contributed by atoms with Gasteiger partial charge in [0, 0.05) is 71.8 Å². The van der Waals surface area contributed by atoms with Gasteiger partial charge in [-0.1, -0.05) is 0 Å². The summed E-state index contributed by atoms with van der Waals surface area (Å²) >= 11 is 0. The van der Waals surface area contributed by atoms with E-state index in [2.05, 4.69) is 41.9 Å². The van der Waals surface area contributed by atoms with Crippen molar-refractivity contribution < 1.29 is 18.6 Å². The Hall–Kier alpha value is -3.87. The number of anilines is 3.